The third-order valence-corrected chi connectivity index (χ3v) is 2.40. The number of nitrogens with zero attached hydrogens (tertiary/aromatic N) is 2. The summed E-state index contributed by atoms with van der Waals surface area (Å²) >= 11 is 0. The van der Waals surface area contributed by atoms with E-state index in [0.717, 1.165) is 32.5 Å². The van der Waals surface area contributed by atoms with Crippen LogP contribution in [0, 0.1) is 17.2 Å². The first-order valence-corrected chi connectivity index (χ1v) is 4.57. The van der Waals surface area contributed by atoms with Gasteiger partial charge in [-0.3, -0.25) is 0 Å². The number of piperidine rings is 1. The van der Waals surface area contributed by atoms with E-state index >= 15 is 0 Å². The highest BCUT2D eigenvalue weighted by Gasteiger charge is 2.18. The van der Waals surface area contributed by atoms with Gasteiger partial charge >= 0.3 is 0 Å². The van der Waals surface area contributed by atoms with Crippen LogP contribution in [0.4, 0.5) is 0 Å². The average Bonchev–Trinajstić information content (AvgIpc) is 2.15. The third kappa shape index (κ3) is 2.80. The van der Waals surface area contributed by atoms with Gasteiger partial charge in [-0.25, -0.2) is 0 Å². The molecule has 0 amide bonds. The molecule has 1 aliphatic heterocycles. The molecular weight excluding hydrogens is 152 g/mol. The van der Waals surface area contributed by atoms with E-state index < -0.39 is 0 Å². The van der Waals surface area contributed by atoms with Gasteiger partial charge in [-0.1, -0.05) is 0 Å². The number of likely N-dealkylation sites (tertiary alicyclic amines) is 1. The van der Waals surface area contributed by atoms with Gasteiger partial charge in [0.15, 0.2) is 0 Å². The topological polar surface area (TPSA) is 47.3 Å². The van der Waals surface area contributed by atoms with Crippen LogP contribution in [-0.4, -0.2) is 36.2 Å². The van der Waals surface area contributed by atoms with Gasteiger partial charge in [-0.15, -0.1) is 0 Å². The molecule has 1 atom stereocenters. The summed E-state index contributed by atoms with van der Waals surface area (Å²) in [5.41, 5.74) is 0. The Morgan fingerprint density at radius 2 is 2.42 bits per heavy atom. The second-order valence-electron chi connectivity index (χ2n) is 3.40. The summed E-state index contributed by atoms with van der Waals surface area (Å²) in [4.78, 5) is 2.27. The summed E-state index contributed by atoms with van der Waals surface area (Å²) < 4.78 is 0. The van der Waals surface area contributed by atoms with Gasteiger partial charge in [0.05, 0.1) is 6.07 Å². The van der Waals surface area contributed by atoms with Crippen LogP contribution in [0.15, 0.2) is 0 Å². The van der Waals surface area contributed by atoms with Crippen molar-refractivity contribution in [1.82, 2.24) is 4.90 Å². The molecule has 1 aliphatic rings. The van der Waals surface area contributed by atoms with Gasteiger partial charge in [0.1, 0.15) is 0 Å². The zero-order valence-electron chi connectivity index (χ0n) is 7.37. The lowest BCUT2D eigenvalue weighted by Crippen LogP contribution is -2.37. The zero-order valence-corrected chi connectivity index (χ0v) is 7.37. The Hall–Kier alpha value is -0.590. The summed E-state index contributed by atoms with van der Waals surface area (Å²) in [5, 5.41) is 17.3. The van der Waals surface area contributed by atoms with E-state index in [4.69, 9.17) is 10.4 Å². The predicted octanol–water partition coefficient (Wildman–Crippen LogP) is 0.604. The number of hydrogen-bond acceptors (Lipinski definition) is 3. The fourth-order valence-corrected chi connectivity index (χ4v) is 1.71. The molecule has 1 fully saturated rings. The van der Waals surface area contributed by atoms with E-state index in [9.17, 15) is 0 Å². The fourth-order valence-electron chi connectivity index (χ4n) is 1.71. The highest BCUT2D eigenvalue weighted by Crippen LogP contribution is 2.15. The summed E-state index contributed by atoms with van der Waals surface area (Å²) in [6.07, 6.45) is 2.91. The summed E-state index contributed by atoms with van der Waals surface area (Å²) in [6, 6.07) is 2.14. The molecule has 0 aliphatic carbocycles. The Labute approximate surface area is 73.6 Å². The summed E-state index contributed by atoms with van der Waals surface area (Å²) in [6.45, 7) is 3.23. The van der Waals surface area contributed by atoms with Crippen LogP contribution in [0.5, 0.6) is 0 Å². The quantitative estimate of drug-likeness (QED) is 0.671. The van der Waals surface area contributed by atoms with Crippen molar-refractivity contribution in [3.8, 4) is 6.07 Å². The monoisotopic (exact) mass is 168 g/mol. The SMILES string of the molecule is N#CCCN1CCC[C@H](CO)C1. The van der Waals surface area contributed by atoms with Crippen LogP contribution in [0.3, 0.4) is 0 Å². The molecule has 0 aromatic heterocycles. The van der Waals surface area contributed by atoms with E-state index in [1.54, 1.807) is 0 Å². The second-order valence-corrected chi connectivity index (χ2v) is 3.40. The summed E-state index contributed by atoms with van der Waals surface area (Å²) in [7, 11) is 0. The fraction of sp³-hybridized carbons (Fsp3) is 0.889. The number of nitriles is 1. The molecule has 12 heavy (non-hydrogen) atoms. The van der Waals surface area contributed by atoms with E-state index in [2.05, 4.69) is 11.0 Å². The molecule has 0 radical (unpaired) electrons. The van der Waals surface area contributed by atoms with Gasteiger partial charge < -0.3 is 10.0 Å². The molecule has 1 heterocycles. The largest absolute Gasteiger partial charge is 0.396 e. The van der Waals surface area contributed by atoms with Crippen molar-refractivity contribution < 1.29 is 5.11 Å². The maximum atomic E-state index is 8.94. The van der Waals surface area contributed by atoms with E-state index in [1.807, 2.05) is 0 Å². The van der Waals surface area contributed by atoms with Crippen LogP contribution in [0.1, 0.15) is 19.3 Å². The van der Waals surface area contributed by atoms with Crippen LogP contribution < -0.4 is 0 Å². The Morgan fingerprint density at radius 3 is 3.08 bits per heavy atom. The van der Waals surface area contributed by atoms with Crippen molar-refractivity contribution in [3.63, 3.8) is 0 Å². The lowest BCUT2D eigenvalue weighted by molar-refractivity contribution is 0.122. The minimum atomic E-state index is 0.295. The summed E-state index contributed by atoms with van der Waals surface area (Å²) in [5.74, 6) is 0.442. The molecule has 0 aromatic carbocycles. The Bertz CT molecular complexity index is 164. The molecule has 1 rings (SSSR count). The van der Waals surface area contributed by atoms with Crippen LogP contribution in [0.25, 0.3) is 0 Å². The standard InChI is InChI=1S/C9H16N2O/c10-4-2-6-11-5-1-3-9(7-11)8-12/h9,12H,1-3,5-8H2/t9-/m0/s1. The van der Waals surface area contributed by atoms with Gasteiger partial charge in [0.25, 0.3) is 0 Å². The van der Waals surface area contributed by atoms with Crippen molar-refractivity contribution in [3.05, 3.63) is 0 Å². The molecule has 0 spiro atoms. The molecule has 0 aromatic rings. The average molecular weight is 168 g/mol. The molecule has 0 bridgehead atoms. The highest BCUT2D eigenvalue weighted by molar-refractivity contribution is 4.77. The second kappa shape index (κ2) is 5.13. The number of hydrogen-bond donors (Lipinski definition) is 1. The van der Waals surface area contributed by atoms with Crippen LogP contribution in [0.2, 0.25) is 0 Å². The maximum Gasteiger partial charge on any atom is 0.0635 e. The van der Waals surface area contributed by atoms with Crippen molar-refractivity contribution in [2.45, 2.75) is 19.3 Å². The molecule has 0 unspecified atom stereocenters. The molecule has 3 heteroatoms. The Balaban J connectivity index is 2.22. The Morgan fingerprint density at radius 1 is 1.58 bits per heavy atom. The first kappa shape index (κ1) is 9.50. The van der Waals surface area contributed by atoms with Gasteiger partial charge in [0.2, 0.25) is 0 Å². The van der Waals surface area contributed by atoms with Crippen LogP contribution in [-0.2, 0) is 0 Å². The van der Waals surface area contributed by atoms with E-state index in [-0.39, 0.29) is 0 Å². The predicted molar refractivity (Wildman–Crippen MR) is 46.5 cm³/mol. The highest BCUT2D eigenvalue weighted by atomic mass is 16.3. The molecule has 68 valence electrons. The molecule has 0 saturated carbocycles. The number of aliphatic hydroxyl groups excluding tert-OH is 1. The van der Waals surface area contributed by atoms with Crippen molar-refractivity contribution in [1.29, 1.82) is 5.26 Å². The van der Waals surface area contributed by atoms with E-state index in [0.29, 0.717) is 18.9 Å². The zero-order chi connectivity index (χ0) is 8.81. The lowest BCUT2D eigenvalue weighted by atomic mass is 9.99. The smallest absolute Gasteiger partial charge is 0.0635 e. The molecule has 1 saturated heterocycles. The first-order chi connectivity index (χ1) is 5.86. The van der Waals surface area contributed by atoms with Gasteiger partial charge in [-0.05, 0) is 25.3 Å². The van der Waals surface area contributed by atoms with E-state index in [1.165, 1.54) is 0 Å². The van der Waals surface area contributed by atoms with Crippen molar-refractivity contribution in [2.24, 2.45) is 5.92 Å². The third-order valence-electron chi connectivity index (χ3n) is 2.40. The minimum Gasteiger partial charge on any atom is -0.396 e. The molecular formula is C9H16N2O. The van der Waals surface area contributed by atoms with Gasteiger partial charge in [-0.2, -0.15) is 5.26 Å². The van der Waals surface area contributed by atoms with Crippen molar-refractivity contribution in [2.75, 3.05) is 26.2 Å². The minimum absolute atomic E-state index is 0.295. The van der Waals surface area contributed by atoms with Crippen molar-refractivity contribution >= 4 is 0 Å². The number of aliphatic hydroxyl groups is 1. The molecule has 3 nitrogen and oxygen atoms in total. The first-order valence-electron chi connectivity index (χ1n) is 4.57. The number of rotatable bonds is 3. The molecule has 1 N–H and O–H groups in total. The Kier molecular flexibility index (Phi) is 4.06. The van der Waals surface area contributed by atoms with Crippen LogP contribution >= 0.6 is 0 Å². The maximum absolute atomic E-state index is 8.94. The lowest BCUT2D eigenvalue weighted by Gasteiger charge is -2.30. The van der Waals surface area contributed by atoms with Gasteiger partial charge in [0, 0.05) is 26.1 Å². The normalized spacial score (nSPS) is 25.2.